The van der Waals surface area contributed by atoms with Crippen molar-refractivity contribution in [1.82, 2.24) is 15.7 Å². The molecule has 0 saturated carbocycles. The lowest BCUT2D eigenvalue weighted by atomic mass is 9.98. The summed E-state index contributed by atoms with van der Waals surface area (Å²) in [4.78, 5) is 52.5. The first-order chi connectivity index (χ1) is 16.7. The van der Waals surface area contributed by atoms with Crippen molar-refractivity contribution in [1.29, 1.82) is 0 Å². The first kappa shape index (κ1) is 25.7. The van der Waals surface area contributed by atoms with Crippen LogP contribution in [0.5, 0.6) is 0 Å². The van der Waals surface area contributed by atoms with Gasteiger partial charge in [-0.1, -0.05) is 62.4 Å². The van der Waals surface area contributed by atoms with E-state index in [4.69, 9.17) is 14.7 Å². The Hall–Kier alpha value is -3.92. The van der Waals surface area contributed by atoms with E-state index < -0.39 is 43.1 Å². The van der Waals surface area contributed by atoms with Gasteiger partial charge in [0, 0.05) is 13.0 Å². The first-order valence-corrected chi connectivity index (χ1v) is 11.2. The molecule has 35 heavy (non-hydrogen) atoms. The van der Waals surface area contributed by atoms with Crippen LogP contribution in [0.25, 0.3) is 11.1 Å². The number of alkyl carbamates (subject to hydrolysis) is 1. The number of hydrogen-bond acceptors (Lipinski definition) is 6. The average Bonchev–Trinajstić information content (AvgIpc) is 3.16. The Morgan fingerprint density at radius 1 is 1.00 bits per heavy atom. The molecule has 2 aromatic carbocycles. The van der Waals surface area contributed by atoms with Crippen LogP contribution in [0.4, 0.5) is 4.79 Å². The maximum absolute atomic E-state index is 12.6. The molecule has 0 spiro atoms. The Bertz CT molecular complexity index is 1060. The fourth-order valence-corrected chi connectivity index (χ4v) is 3.91. The van der Waals surface area contributed by atoms with Crippen LogP contribution in [0.15, 0.2) is 48.5 Å². The second kappa shape index (κ2) is 11.5. The van der Waals surface area contributed by atoms with Crippen LogP contribution in [0.2, 0.25) is 0 Å². The highest BCUT2D eigenvalue weighted by molar-refractivity contribution is 5.89. The van der Waals surface area contributed by atoms with E-state index in [2.05, 4.69) is 10.6 Å². The number of carboxylic acid groups (broad SMARTS) is 1. The number of carboxylic acids is 1. The molecule has 10 heteroatoms. The number of hydrogen-bond donors (Lipinski definition) is 3. The van der Waals surface area contributed by atoms with Crippen LogP contribution in [0.1, 0.15) is 30.9 Å². The van der Waals surface area contributed by atoms with E-state index in [0.29, 0.717) is 0 Å². The first-order valence-electron chi connectivity index (χ1n) is 11.2. The third kappa shape index (κ3) is 6.36. The molecule has 0 heterocycles. The molecule has 0 aromatic heterocycles. The maximum Gasteiger partial charge on any atom is 0.407 e. The molecule has 0 radical (unpaired) electrons. The Balaban J connectivity index is 1.55. The highest BCUT2D eigenvalue weighted by Gasteiger charge is 2.30. The number of rotatable bonds is 10. The van der Waals surface area contributed by atoms with Crippen LogP contribution in [0.3, 0.4) is 0 Å². The molecule has 0 aliphatic heterocycles. The zero-order valence-electron chi connectivity index (χ0n) is 19.8. The van der Waals surface area contributed by atoms with Crippen LogP contribution < -0.4 is 10.6 Å². The number of carbonyl (C=O) groups excluding carboxylic acids is 3. The van der Waals surface area contributed by atoms with Gasteiger partial charge in [0.05, 0.1) is 6.54 Å². The van der Waals surface area contributed by atoms with Gasteiger partial charge < -0.3 is 20.5 Å². The second-order valence-electron chi connectivity index (χ2n) is 8.47. The van der Waals surface area contributed by atoms with E-state index in [0.717, 1.165) is 27.3 Å². The number of hydroxylamine groups is 2. The van der Waals surface area contributed by atoms with E-state index in [-0.39, 0.29) is 18.4 Å². The summed E-state index contributed by atoms with van der Waals surface area (Å²) >= 11 is 0. The Morgan fingerprint density at radius 3 is 2.11 bits per heavy atom. The highest BCUT2D eigenvalue weighted by atomic mass is 16.7. The van der Waals surface area contributed by atoms with Crippen molar-refractivity contribution in [3.63, 3.8) is 0 Å². The summed E-state index contributed by atoms with van der Waals surface area (Å²) in [5.74, 6) is -2.86. The number of amides is 3. The zero-order valence-corrected chi connectivity index (χ0v) is 19.8. The van der Waals surface area contributed by atoms with E-state index in [1.165, 1.54) is 7.05 Å². The normalized spacial score (nSPS) is 12.9. The number of nitrogens with zero attached hydrogens (tertiary/aromatic N) is 1. The largest absolute Gasteiger partial charge is 0.479 e. The standard InChI is InChI=1S/C25H29N3O7/c1-15(2)23(24(32)26-12-21(29)28(3)35-14-22(30)31)27-25(33)34-13-20-18-10-6-4-8-16(18)17-9-5-7-11-19(17)20/h4-11,15,20,23H,12-14H2,1-3H3,(H,26,32)(H,27,33)(H,30,31)/t23-/m0/s1. The number of aliphatic carboxylic acids is 1. The fraction of sp³-hybridized carbons (Fsp3) is 0.360. The van der Waals surface area contributed by atoms with Gasteiger partial charge in [-0.05, 0) is 28.2 Å². The lowest BCUT2D eigenvalue weighted by Gasteiger charge is -2.23. The third-order valence-electron chi connectivity index (χ3n) is 5.71. The molecule has 1 aliphatic carbocycles. The molecule has 3 rings (SSSR count). The number of likely N-dealkylation sites (N-methyl/N-ethyl adjacent to an activating group) is 1. The van der Waals surface area contributed by atoms with Crippen molar-refractivity contribution in [3.05, 3.63) is 59.7 Å². The summed E-state index contributed by atoms with van der Waals surface area (Å²) in [5, 5.41) is 14.3. The number of carbonyl (C=O) groups is 4. The average molecular weight is 484 g/mol. The molecule has 3 N–H and O–H groups in total. The molecule has 186 valence electrons. The SMILES string of the molecule is CC(C)[C@H](NC(=O)OCC1c2ccccc2-c2ccccc21)C(=O)NCC(=O)N(C)OCC(=O)O. The Morgan fingerprint density at radius 2 is 1.57 bits per heavy atom. The topological polar surface area (TPSA) is 134 Å². The molecule has 0 saturated heterocycles. The zero-order chi connectivity index (χ0) is 25.5. The minimum atomic E-state index is -1.24. The van der Waals surface area contributed by atoms with Gasteiger partial charge in [0.2, 0.25) is 5.91 Å². The highest BCUT2D eigenvalue weighted by Crippen LogP contribution is 2.44. The van der Waals surface area contributed by atoms with E-state index >= 15 is 0 Å². The maximum atomic E-state index is 12.6. The summed E-state index contributed by atoms with van der Waals surface area (Å²) < 4.78 is 5.51. The van der Waals surface area contributed by atoms with Crippen molar-refractivity contribution >= 4 is 23.9 Å². The van der Waals surface area contributed by atoms with Gasteiger partial charge in [-0.3, -0.25) is 14.4 Å². The number of ether oxygens (including phenoxy) is 1. The monoisotopic (exact) mass is 483 g/mol. The van der Waals surface area contributed by atoms with Crippen molar-refractivity contribution in [2.45, 2.75) is 25.8 Å². The summed E-state index contributed by atoms with van der Waals surface area (Å²) in [6.07, 6.45) is -0.742. The van der Waals surface area contributed by atoms with Crippen LogP contribution >= 0.6 is 0 Å². The predicted octanol–water partition coefficient (Wildman–Crippen LogP) is 2.14. The van der Waals surface area contributed by atoms with Gasteiger partial charge in [-0.2, -0.15) is 0 Å². The Labute approximate surface area is 203 Å². The summed E-state index contributed by atoms with van der Waals surface area (Å²) in [6, 6.07) is 15.0. The minimum Gasteiger partial charge on any atom is -0.479 e. The van der Waals surface area contributed by atoms with Crippen molar-refractivity contribution in [3.8, 4) is 11.1 Å². The second-order valence-corrected chi connectivity index (χ2v) is 8.47. The molecule has 1 aliphatic rings. The Kier molecular flexibility index (Phi) is 8.43. The van der Waals surface area contributed by atoms with Gasteiger partial charge in [0.1, 0.15) is 12.6 Å². The molecule has 1 atom stereocenters. The molecule has 0 fully saturated rings. The summed E-state index contributed by atoms with van der Waals surface area (Å²) in [7, 11) is 1.24. The van der Waals surface area contributed by atoms with E-state index in [9.17, 15) is 19.2 Å². The van der Waals surface area contributed by atoms with Crippen molar-refractivity contribution in [2.24, 2.45) is 5.92 Å². The lowest BCUT2D eigenvalue weighted by Crippen LogP contribution is -2.51. The predicted molar refractivity (Wildman–Crippen MR) is 126 cm³/mol. The summed E-state index contributed by atoms with van der Waals surface area (Å²) in [6.45, 7) is 2.49. The summed E-state index contributed by atoms with van der Waals surface area (Å²) in [5.41, 5.74) is 4.37. The molecular weight excluding hydrogens is 454 g/mol. The quantitative estimate of drug-likeness (QED) is 0.441. The van der Waals surface area contributed by atoms with E-state index in [1.807, 2.05) is 48.5 Å². The molecule has 3 amide bonds. The number of benzene rings is 2. The van der Waals surface area contributed by atoms with Gasteiger partial charge in [-0.15, -0.1) is 0 Å². The fourth-order valence-electron chi connectivity index (χ4n) is 3.91. The number of nitrogens with one attached hydrogen (secondary N) is 2. The van der Waals surface area contributed by atoms with E-state index in [1.54, 1.807) is 13.8 Å². The van der Waals surface area contributed by atoms with Crippen LogP contribution in [-0.2, 0) is 24.0 Å². The molecular formula is C25H29N3O7. The minimum absolute atomic E-state index is 0.108. The van der Waals surface area contributed by atoms with Crippen molar-refractivity contribution in [2.75, 3.05) is 26.8 Å². The number of fused-ring (bicyclic) bond motifs is 3. The molecule has 0 bridgehead atoms. The lowest BCUT2D eigenvalue weighted by molar-refractivity contribution is -0.185. The molecule has 0 unspecified atom stereocenters. The van der Waals surface area contributed by atoms with Crippen LogP contribution in [-0.4, -0.2) is 66.9 Å². The van der Waals surface area contributed by atoms with Gasteiger partial charge in [0.25, 0.3) is 5.91 Å². The smallest absolute Gasteiger partial charge is 0.407 e. The third-order valence-corrected chi connectivity index (χ3v) is 5.71. The van der Waals surface area contributed by atoms with Gasteiger partial charge >= 0.3 is 12.1 Å². The molecule has 10 nitrogen and oxygen atoms in total. The van der Waals surface area contributed by atoms with Crippen LogP contribution in [0, 0.1) is 5.92 Å². The van der Waals surface area contributed by atoms with Gasteiger partial charge in [-0.25, -0.2) is 14.7 Å². The molecule has 2 aromatic rings. The van der Waals surface area contributed by atoms with Gasteiger partial charge in [0.15, 0.2) is 6.61 Å². The van der Waals surface area contributed by atoms with Crippen molar-refractivity contribution < 1.29 is 33.9 Å².